The Morgan fingerprint density at radius 1 is 1.61 bits per heavy atom. The minimum atomic E-state index is -0.345. The highest BCUT2D eigenvalue weighted by Gasteiger charge is 2.16. The molecule has 1 aliphatic rings. The van der Waals surface area contributed by atoms with Gasteiger partial charge < -0.3 is 15.4 Å². The zero-order chi connectivity index (χ0) is 12.1. The van der Waals surface area contributed by atoms with Crippen molar-refractivity contribution in [3.05, 3.63) is 11.1 Å². The molecule has 1 aromatic heterocycles. The third kappa shape index (κ3) is 4.22. The largest absolute Gasteiger partial charge is 0.461 e. The predicted octanol–water partition coefficient (Wildman–Crippen LogP) is 2.06. The lowest BCUT2D eigenvalue weighted by Crippen LogP contribution is -2.35. The van der Waals surface area contributed by atoms with Crippen LogP contribution in [-0.4, -0.2) is 36.7 Å². The number of ether oxygens (including phenoxy) is 1. The first-order valence-corrected chi connectivity index (χ1v) is 6.77. The summed E-state index contributed by atoms with van der Waals surface area (Å²) in [6, 6.07) is 0.456. The normalized spacial score (nSPS) is 15.8. The van der Waals surface area contributed by atoms with Crippen LogP contribution < -0.4 is 10.6 Å². The van der Waals surface area contributed by atoms with Gasteiger partial charge >= 0.3 is 5.97 Å². The molecule has 18 heavy (non-hydrogen) atoms. The molecule has 0 aromatic carbocycles. The Balaban J connectivity index is 0.00000162. The van der Waals surface area contributed by atoms with E-state index in [-0.39, 0.29) is 23.0 Å². The Morgan fingerprint density at radius 2 is 2.33 bits per heavy atom. The predicted molar refractivity (Wildman–Crippen MR) is 77.9 cm³/mol. The third-order valence-electron chi connectivity index (χ3n) is 2.66. The van der Waals surface area contributed by atoms with Gasteiger partial charge in [-0.05, 0) is 32.9 Å². The lowest BCUT2D eigenvalue weighted by molar-refractivity contribution is 0.0520. The van der Waals surface area contributed by atoms with E-state index >= 15 is 0 Å². The van der Waals surface area contributed by atoms with Crippen LogP contribution in [0, 0.1) is 0 Å². The van der Waals surface area contributed by atoms with Crippen molar-refractivity contribution >= 4 is 39.4 Å². The molecule has 0 amide bonds. The number of rotatable bonds is 4. The number of hydrogen-bond acceptors (Lipinski definition) is 6. The Kier molecular flexibility index (Phi) is 6.59. The standard InChI is InChI=1S/C11H17N3O2S.BrH/c1-2-16-10(15)9-7-17-11(14-9)13-8-3-5-12-6-4-8;/h7-8,12H,2-6H2,1H3,(H,13,14);1H. The summed E-state index contributed by atoms with van der Waals surface area (Å²) in [7, 11) is 0. The van der Waals surface area contributed by atoms with Crippen LogP contribution in [0.4, 0.5) is 5.13 Å². The number of nitrogens with one attached hydrogen (secondary N) is 2. The summed E-state index contributed by atoms with van der Waals surface area (Å²) < 4.78 is 4.90. The van der Waals surface area contributed by atoms with Gasteiger partial charge in [0, 0.05) is 11.4 Å². The van der Waals surface area contributed by atoms with E-state index in [1.54, 1.807) is 12.3 Å². The number of anilines is 1. The minimum Gasteiger partial charge on any atom is -0.461 e. The van der Waals surface area contributed by atoms with Crippen LogP contribution >= 0.6 is 28.3 Å². The topological polar surface area (TPSA) is 63.2 Å². The molecule has 2 rings (SSSR count). The molecule has 1 aliphatic heterocycles. The highest BCUT2D eigenvalue weighted by atomic mass is 79.9. The molecular weight excluding hydrogens is 318 g/mol. The first-order valence-electron chi connectivity index (χ1n) is 5.89. The van der Waals surface area contributed by atoms with Crippen LogP contribution in [0.1, 0.15) is 30.3 Å². The van der Waals surface area contributed by atoms with Gasteiger partial charge in [-0.1, -0.05) is 0 Å². The zero-order valence-corrected chi connectivity index (χ0v) is 12.8. The fraction of sp³-hybridized carbons (Fsp3) is 0.636. The molecule has 0 saturated carbocycles. The van der Waals surface area contributed by atoms with Crippen LogP contribution in [0.2, 0.25) is 0 Å². The number of nitrogens with zero attached hydrogens (tertiary/aromatic N) is 1. The molecular formula is C11H18BrN3O2S. The fourth-order valence-electron chi connectivity index (χ4n) is 1.78. The van der Waals surface area contributed by atoms with E-state index in [1.165, 1.54) is 11.3 Å². The number of carbonyl (C=O) groups is 1. The van der Waals surface area contributed by atoms with Crippen LogP contribution in [0.5, 0.6) is 0 Å². The summed E-state index contributed by atoms with van der Waals surface area (Å²) in [5.74, 6) is -0.345. The summed E-state index contributed by atoms with van der Waals surface area (Å²) in [6.45, 7) is 4.24. The van der Waals surface area contributed by atoms with Crippen molar-refractivity contribution in [2.75, 3.05) is 25.0 Å². The van der Waals surface area contributed by atoms with Gasteiger partial charge in [-0.2, -0.15) is 0 Å². The summed E-state index contributed by atoms with van der Waals surface area (Å²) in [5.41, 5.74) is 0.397. The smallest absolute Gasteiger partial charge is 0.357 e. The van der Waals surface area contributed by atoms with E-state index in [0.717, 1.165) is 31.1 Å². The van der Waals surface area contributed by atoms with Gasteiger partial charge in [-0.15, -0.1) is 28.3 Å². The van der Waals surface area contributed by atoms with Crippen molar-refractivity contribution in [2.45, 2.75) is 25.8 Å². The van der Waals surface area contributed by atoms with E-state index in [4.69, 9.17) is 4.74 Å². The number of esters is 1. The van der Waals surface area contributed by atoms with Crippen LogP contribution in [-0.2, 0) is 4.74 Å². The van der Waals surface area contributed by atoms with Gasteiger partial charge in [-0.25, -0.2) is 9.78 Å². The molecule has 5 nitrogen and oxygen atoms in total. The van der Waals surface area contributed by atoms with Gasteiger partial charge in [0.25, 0.3) is 0 Å². The second-order valence-electron chi connectivity index (χ2n) is 3.93. The van der Waals surface area contributed by atoms with E-state index in [2.05, 4.69) is 15.6 Å². The van der Waals surface area contributed by atoms with E-state index < -0.39 is 0 Å². The minimum absolute atomic E-state index is 0. The van der Waals surface area contributed by atoms with E-state index in [0.29, 0.717) is 18.3 Å². The summed E-state index contributed by atoms with van der Waals surface area (Å²) in [6.07, 6.45) is 2.18. The average molecular weight is 336 g/mol. The third-order valence-corrected chi connectivity index (χ3v) is 3.43. The molecule has 2 heterocycles. The molecule has 7 heteroatoms. The van der Waals surface area contributed by atoms with Crippen molar-refractivity contribution < 1.29 is 9.53 Å². The first-order chi connectivity index (χ1) is 8.29. The summed E-state index contributed by atoms with van der Waals surface area (Å²) in [5, 5.41) is 9.21. The molecule has 1 fully saturated rings. The van der Waals surface area contributed by atoms with Gasteiger partial charge in [0.2, 0.25) is 0 Å². The van der Waals surface area contributed by atoms with Crippen LogP contribution in [0.15, 0.2) is 5.38 Å². The molecule has 1 saturated heterocycles. The maximum atomic E-state index is 11.4. The van der Waals surface area contributed by atoms with Crippen LogP contribution in [0.25, 0.3) is 0 Å². The molecule has 0 bridgehead atoms. The monoisotopic (exact) mass is 335 g/mol. The first kappa shape index (κ1) is 15.4. The summed E-state index contributed by atoms with van der Waals surface area (Å²) in [4.78, 5) is 15.7. The van der Waals surface area contributed by atoms with Gasteiger partial charge in [0.05, 0.1) is 6.61 Å². The zero-order valence-electron chi connectivity index (χ0n) is 10.3. The number of halogens is 1. The lowest BCUT2D eigenvalue weighted by atomic mass is 10.1. The number of carbonyl (C=O) groups excluding carboxylic acids is 1. The van der Waals surface area contributed by atoms with Crippen molar-refractivity contribution in [3.8, 4) is 0 Å². The van der Waals surface area contributed by atoms with Gasteiger partial charge in [0.15, 0.2) is 10.8 Å². The van der Waals surface area contributed by atoms with Crippen LogP contribution in [0.3, 0.4) is 0 Å². The quantitative estimate of drug-likeness (QED) is 0.824. The number of piperidine rings is 1. The molecule has 2 N–H and O–H groups in total. The molecule has 0 unspecified atom stereocenters. The fourth-order valence-corrected chi connectivity index (χ4v) is 2.54. The Bertz CT molecular complexity index is 380. The van der Waals surface area contributed by atoms with E-state index in [1.807, 2.05) is 0 Å². The SMILES string of the molecule is Br.CCOC(=O)c1csc(NC2CCNCC2)n1. The Labute approximate surface area is 121 Å². The average Bonchev–Trinajstić information content (AvgIpc) is 2.79. The molecule has 0 radical (unpaired) electrons. The van der Waals surface area contributed by atoms with E-state index in [9.17, 15) is 4.79 Å². The lowest BCUT2D eigenvalue weighted by Gasteiger charge is -2.23. The highest BCUT2D eigenvalue weighted by molar-refractivity contribution is 8.93. The Hall–Kier alpha value is -0.660. The number of aromatic nitrogens is 1. The highest BCUT2D eigenvalue weighted by Crippen LogP contribution is 2.19. The number of thiazole rings is 1. The molecule has 0 spiro atoms. The molecule has 1 aromatic rings. The number of hydrogen-bond donors (Lipinski definition) is 2. The molecule has 0 aliphatic carbocycles. The van der Waals surface area contributed by atoms with Crippen molar-refractivity contribution in [2.24, 2.45) is 0 Å². The maximum absolute atomic E-state index is 11.4. The molecule has 102 valence electrons. The van der Waals surface area contributed by atoms with Crippen molar-refractivity contribution in [1.29, 1.82) is 0 Å². The molecule has 0 atom stereocenters. The summed E-state index contributed by atoms with van der Waals surface area (Å²) >= 11 is 1.45. The van der Waals surface area contributed by atoms with Crippen molar-refractivity contribution in [3.63, 3.8) is 0 Å². The van der Waals surface area contributed by atoms with Crippen molar-refractivity contribution in [1.82, 2.24) is 10.3 Å². The second-order valence-corrected chi connectivity index (χ2v) is 4.79. The van der Waals surface area contributed by atoms with Gasteiger partial charge in [0.1, 0.15) is 0 Å². The van der Waals surface area contributed by atoms with Gasteiger partial charge in [-0.3, -0.25) is 0 Å². The maximum Gasteiger partial charge on any atom is 0.357 e. The Morgan fingerprint density at radius 3 is 3.00 bits per heavy atom. The second kappa shape index (κ2) is 7.70.